The van der Waals surface area contributed by atoms with Gasteiger partial charge < -0.3 is 14.8 Å². The van der Waals surface area contributed by atoms with Gasteiger partial charge in [-0.25, -0.2) is 13.4 Å². The summed E-state index contributed by atoms with van der Waals surface area (Å²) in [5, 5.41) is 3.54. The number of hydrogen-bond acceptors (Lipinski definition) is 6. The highest BCUT2D eigenvalue weighted by molar-refractivity contribution is 7.94. The number of aromatic nitrogens is 2. The van der Waals surface area contributed by atoms with E-state index in [1.807, 2.05) is 79.8 Å². The van der Waals surface area contributed by atoms with Gasteiger partial charge in [0.15, 0.2) is 0 Å². The summed E-state index contributed by atoms with van der Waals surface area (Å²) in [6.45, 7) is 0.323. The Hall–Kier alpha value is -4.51. The third-order valence-electron chi connectivity index (χ3n) is 7.53. The number of benzene rings is 3. The summed E-state index contributed by atoms with van der Waals surface area (Å²) in [6, 6.07) is 27.0. The van der Waals surface area contributed by atoms with Gasteiger partial charge >= 0.3 is 0 Å². The number of anilines is 2. The molecule has 3 aromatic carbocycles. The Morgan fingerprint density at radius 3 is 2.26 bits per heavy atom. The first-order valence-corrected chi connectivity index (χ1v) is 16.0. The number of carbonyl (C=O) groups excluding carboxylic acids is 1. The monoisotopic (exact) mass is 609 g/mol. The van der Waals surface area contributed by atoms with Crippen LogP contribution >= 0.6 is 11.3 Å². The van der Waals surface area contributed by atoms with Crippen molar-refractivity contribution in [3.63, 3.8) is 0 Å². The van der Waals surface area contributed by atoms with Crippen molar-refractivity contribution < 1.29 is 13.2 Å². The van der Waals surface area contributed by atoms with Gasteiger partial charge in [-0.05, 0) is 67.0 Å². The zero-order chi connectivity index (χ0) is 30.3. The summed E-state index contributed by atoms with van der Waals surface area (Å²) in [7, 11) is 3.41. The fraction of sp³-hybridized carbons (Fsp3) is 0.152. The smallest absolute Gasteiger partial charge is 0.273 e. The fourth-order valence-corrected chi connectivity index (χ4v) is 7.58. The second kappa shape index (κ2) is 11.3. The van der Waals surface area contributed by atoms with E-state index in [0.29, 0.717) is 22.1 Å². The average molecular weight is 610 g/mol. The Bertz CT molecular complexity index is 2040. The van der Waals surface area contributed by atoms with Crippen molar-refractivity contribution in [3.05, 3.63) is 96.5 Å². The highest BCUT2D eigenvalue weighted by Gasteiger charge is 2.24. The minimum atomic E-state index is -3.70. The standard InChI is InChI=1S/C33H31N5O3S2/c1-36(2)21-29(39)37(3)24-14-12-22(13-15-24)27-20-34-33-32(31(27)23-9-6-5-7-10-23)26-19-25(16-17-28(26)35-33)38(4)43(40,41)30-11-8-18-42-30/h5-20H,21H2,1-4H3,(H,34,35). The molecule has 1 amide bonds. The van der Waals surface area contributed by atoms with Gasteiger partial charge in [-0.1, -0.05) is 48.5 Å². The molecule has 3 aromatic heterocycles. The molecule has 3 heterocycles. The summed E-state index contributed by atoms with van der Waals surface area (Å²) in [5.41, 5.74) is 6.81. The van der Waals surface area contributed by atoms with E-state index in [1.54, 1.807) is 42.6 Å². The zero-order valence-electron chi connectivity index (χ0n) is 24.3. The Morgan fingerprint density at radius 2 is 1.58 bits per heavy atom. The lowest BCUT2D eigenvalue weighted by Gasteiger charge is -2.20. The average Bonchev–Trinajstić information content (AvgIpc) is 3.69. The number of amides is 1. The van der Waals surface area contributed by atoms with Crippen LogP contribution in [0.15, 0.2) is 101 Å². The van der Waals surface area contributed by atoms with E-state index in [1.165, 1.54) is 15.6 Å². The van der Waals surface area contributed by atoms with Gasteiger partial charge in [-0.3, -0.25) is 9.10 Å². The molecule has 0 bridgehead atoms. The topological polar surface area (TPSA) is 89.6 Å². The number of rotatable bonds is 8. The molecule has 0 aliphatic rings. The molecule has 0 saturated heterocycles. The van der Waals surface area contributed by atoms with Crippen LogP contribution in [0.4, 0.5) is 11.4 Å². The lowest BCUT2D eigenvalue weighted by molar-refractivity contribution is -0.118. The Balaban J connectivity index is 1.51. The van der Waals surface area contributed by atoms with Crippen LogP contribution in [-0.4, -0.2) is 63.9 Å². The van der Waals surface area contributed by atoms with Crippen LogP contribution < -0.4 is 9.21 Å². The molecular weight excluding hydrogens is 579 g/mol. The van der Waals surface area contributed by atoms with Crippen LogP contribution in [0.25, 0.3) is 44.2 Å². The first-order chi connectivity index (χ1) is 20.6. The molecule has 0 aliphatic heterocycles. The molecule has 0 fully saturated rings. The van der Waals surface area contributed by atoms with Crippen molar-refractivity contribution in [1.82, 2.24) is 14.9 Å². The molecule has 0 atom stereocenters. The molecule has 0 aliphatic carbocycles. The van der Waals surface area contributed by atoms with Gasteiger partial charge in [0.25, 0.3) is 10.0 Å². The van der Waals surface area contributed by atoms with Gasteiger partial charge in [0, 0.05) is 53.4 Å². The first-order valence-electron chi connectivity index (χ1n) is 13.7. The van der Waals surface area contributed by atoms with Gasteiger partial charge in [0.05, 0.1) is 12.2 Å². The molecular formula is C33H31N5O3S2. The lowest BCUT2D eigenvalue weighted by atomic mass is 9.92. The predicted octanol–water partition coefficient (Wildman–Crippen LogP) is 6.46. The van der Waals surface area contributed by atoms with E-state index in [4.69, 9.17) is 4.98 Å². The van der Waals surface area contributed by atoms with Crippen molar-refractivity contribution >= 4 is 60.6 Å². The number of fused-ring (bicyclic) bond motifs is 3. The molecule has 0 unspecified atom stereocenters. The number of H-pyrrole nitrogens is 1. The minimum Gasteiger partial charge on any atom is -0.339 e. The number of sulfonamides is 1. The number of nitrogens with zero attached hydrogens (tertiary/aromatic N) is 4. The fourth-order valence-electron chi connectivity index (χ4n) is 5.23. The number of nitrogens with one attached hydrogen (secondary N) is 1. The van der Waals surface area contributed by atoms with Crippen molar-refractivity contribution in [2.24, 2.45) is 0 Å². The number of aromatic amines is 1. The number of thiophene rings is 1. The largest absolute Gasteiger partial charge is 0.339 e. The van der Waals surface area contributed by atoms with E-state index in [0.717, 1.165) is 44.2 Å². The lowest BCUT2D eigenvalue weighted by Crippen LogP contribution is -2.34. The minimum absolute atomic E-state index is 0.00599. The summed E-state index contributed by atoms with van der Waals surface area (Å²) in [4.78, 5) is 24.4. The van der Waals surface area contributed by atoms with E-state index in [2.05, 4.69) is 17.1 Å². The second-order valence-electron chi connectivity index (χ2n) is 10.6. The van der Waals surface area contributed by atoms with Gasteiger partial charge in [0.1, 0.15) is 9.86 Å². The van der Waals surface area contributed by atoms with Gasteiger partial charge in [-0.2, -0.15) is 0 Å². The van der Waals surface area contributed by atoms with E-state index in [9.17, 15) is 13.2 Å². The van der Waals surface area contributed by atoms with Crippen LogP contribution in [0.2, 0.25) is 0 Å². The maximum absolute atomic E-state index is 13.3. The Morgan fingerprint density at radius 1 is 0.860 bits per heavy atom. The molecule has 10 heteroatoms. The molecule has 6 aromatic rings. The molecule has 43 heavy (non-hydrogen) atoms. The van der Waals surface area contributed by atoms with Crippen LogP contribution in [0, 0.1) is 0 Å². The highest BCUT2D eigenvalue weighted by atomic mass is 32.2. The van der Waals surface area contributed by atoms with E-state index < -0.39 is 10.0 Å². The number of likely N-dealkylation sites (N-methyl/N-ethyl adjacent to an activating group) is 2. The highest BCUT2D eigenvalue weighted by Crippen LogP contribution is 2.42. The Kier molecular flexibility index (Phi) is 7.51. The molecule has 6 rings (SSSR count). The maximum atomic E-state index is 13.3. The summed E-state index contributed by atoms with van der Waals surface area (Å²) in [5.74, 6) is 0.00599. The van der Waals surface area contributed by atoms with Gasteiger partial charge in [-0.15, -0.1) is 11.3 Å². The van der Waals surface area contributed by atoms with Crippen LogP contribution in [0.3, 0.4) is 0 Å². The number of carbonyl (C=O) groups is 1. The maximum Gasteiger partial charge on any atom is 0.273 e. The van der Waals surface area contributed by atoms with Crippen LogP contribution in [0.5, 0.6) is 0 Å². The molecule has 218 valence electrons. The van der Waals surface area contributed by atoms with Crippen molar-refractivity contribution in [3.8, 4) is 22.3 Å². The second-order valence-corrected chi connectivity index (χ2v) is 13.8. The van der Waals surface area contributed by atoms with Crippen molar-refractivity contribution in [1.29, 1.82) is 0 Å². The SMILES string of the molecule is CN(C)CC(=O)N(C)c1ccc(-c2cnc3[nH]c4ccc(N(C)S(=O)(=O)c5cccs5)cc4c3c2-c2ccccc2)cc1. The molecule has 0 spiro atoms. The Labute approximate surface area is 254 Å². The molecule has 8 nitrogen and oxygen atoms in total. The van der Waals surface area contributed by atoms with E-state index in [-0.39, 0.29) is 5.91 Å². The number of hydrogen-bond donors (Lipinski definition) is 1. The molecule has 0 saturated carbocycles. The molecule has 1 N–H and O–H groups in total. The number of pyridine rings is 1. The third kappa shape index (κ3) is 5.29. The van der Waals surface area contributed by atoms with Crippen molar-refractivity contribution in [2.75, 3.05) is 43.9 Å². The van der Waals surface area contributed by atoms with Crippen LogP contribution in [-0.2, 0) is 14.8 Å². The van der Waals surface area contributed by atoms with Crippen LogP contribution in [0.1, 0.15) is 0 Å². The van der Waals surface area contributed by atoms with Crippen molar-refractivity contribution in [2.45, 2.75) is 4.21 Å². The quantitative estimate of drug-likeness (QED) is 0.214. The normalized spacial score (nSPS) is 11.8. The summed E-state index contributed by atoms with van der Waals surface area (Å²) >= 11 is 1.20. The zero-order valence-corrected chi connectivity index (χ0v) is 25.9. The third-order valence-corrected chi connectivity index (χ3v) is 10.7. The summed E-state index contributed by atoms with van der Waals surface area (Å²) < 4.78 is 28.3. The van der Waals surface area contributed by atoms with E-state index >= 15 is 0 Å². The van der Waals surface area contributed by atoms with Gasteiger partial charge in [0.2, 0.25) is 5.91 Å². The molecule has 0 radical (unpaired) electrons. The summed E-state index contributed by atoms with van der Waals surface area (Å²) in [6.07, 6.45) is 1.87. The predicted molar refractivity (Wildman–Crippen MR) is 176 cm³/mol. The first kappa shape index (κ1) is 28.6.